The summed E-state index contributed by atoms with van der Waals surface area (Å²) >= 11 is 1.83. The van der Waals surface area contributed by atoms with Crippen LogP contribution in [-0.4, -0.2) is 24.5 Å². The largest absolute Gasteiger partial charge is 0.308 e. The van der Waals surface area contributed by atoms with E-state index in [1.165, 1.54) is 14.8 Å². The van der Waals surface area contributed by atoms with E-state index in [-0.39, 0.29) is 0 Å². The van der Waals surface area contributed by atoms with Crippen molar-refractivity contribution in [1.29, 1.82) is 0 Å². The van der Waals surface area contributed by atoms with Crippen LogP contribution in [0.3, 0.4) is 0 Å². The average molecular weight is 760 g/mol. The summed E-state index contributed by atoms with van der Waals surface area (Å²) < 4.78 is 4.85. The number of allylic oxidation sites excluding steroid dienone is 4. The Bertz CT molecular complexity index is 3490. The van der Waals surface area contributed by atoms with E-state index < -0.39 is 0 Å². The summed E-state index contributed by atoms with van der Waals surface area (Å²) in [5.41, 5.74) is 13.0. The van der Waals surface area contributed by atoms with Crippen LogP contribution < -0.4 is 0 Å². The lowest BCUT2D eigenvalue weighted by Crippen LogP contribution is -2.01. The summed E-state index contributed by atoms with van der Waals surface area (Å²) in [7, 11) is 0. The van der Waals surface area contributed by atoms with Crippen LogP contribution in [0.1, 0.15) is 18.5 Å². The summed E-state index contributed by atoms with van der Waals surface area (Å²) in [6, 6.07) is 55.3. The van der Waals surface area contributed by atoms with Crippen molar-refractivity contribution in [3.8, 4) is 39.6 Å². The van der Waals surface area contributed by atoms with E-state index >= 15 is 0 Å². The zero-order chi connectivity index (χ0) is 38.2. The molecule has 0 fully saturated rings. The number of rotatable bonds is 5. The number of thiophene rings is 1. The molecule has 0 amide bonds. The molecule has 272 valence electrons. The molecular formula is C52H33N5S. The van der Waals surface area contributed by atoms with Crippen LogP contribution in [0.25, 0.3) is 109 Å². The van der Waals surface area contributed by atoms with E-state index in [4.69, 9.17) is 19.9 Å². The third kappa shape index (κ3) is 5.08. The van der Waals surface area contributed by atoms with Crippen LogP contribution in [-0.2, 0) is 0 Å². The van der Waals surface area contributed by atoms with Gasteiger partial charge in [0.25, 0.3) is 0 Å². The molecule has 0 bridgehead atoms. The second-order valence-electron chi connectivity index (χ2n) is 14.8. The summed E-state index contributed by atoms with van der Waals surface area (Å²) in [5, 5.41) is 5.57. The molecule has 4 heterocycles. The number of fused-ring (bicyclic) bond motifs is 11. The highest BCUT2D eigenvalue weighted by Gasteiger charge is 2.26. The fourth-order valence-corrected chi connectivity index (χ4v) is 10.0. The molecule has 0 N–H and O–H groups in total. The summed E-state index contributed by atoms with van der Waals surface area (Å²) in [6.45, 7) is 0. The van der Waals surface area contributed by atoms with Crippen molar-refractivity contribution in [2.24, 2.45) is 0 Å². The van der Waals surface area contributed by atoms with Crippen molar-refractivity contribution in [3.05, 3.63) is 182 Å². The van der Waals surface area contributed by atoms with Gasteiger partial charge in [-0.2, -0.15) is 0 Å². The van der Waals surface area contributed by atoms with Gasteiger partial charge in [-0.25, -0.2) is 19.9 Å². The lowest BCUT2D eigenvalue weighted by Gasteiger charge is -2.15. The van der Waals surface area contributed by atoms with Crippen LogP contribution in [0.4, 0.5) is 0 Å². The zero-order valence-corrected chi connectivity index (χ0v) is 32.1. The van der Waals surface area contributed by atoms with Crippen molar-refractivity contribution in [2.45, 2.75) is 12.8 Å². The van der Waals surface area contributed by atoms with Crippen LogP contribution in [0, 0.1) is 0 Å². The van der Waals surface area contributed by atoms with E-state index in [1.54, 1.807) is 0 Å². The Morgan fingerprint density at radius 3 is 1.91 bits per heavy atom. The van der Waals surface area contributed by atoms with Crippen molar-refractivity contribution in [2.75, 3.05) is 0 Å². The second-order valence-corrected chi connectivity index (χ2v) is 15.9. The Morgan fingerprint density at radius 2 is 1.16 bits per heavy atom. The van der Waals surface area contributed by atoms with Gasteiger partial charge in [0.15, 0.2) is 5.82 Å². The van der Waals surface area contributed by atoms with Gasteiger partial charge in [0.1, 0.15) is 5.52 Å². The molecular weight excluding hydrogens is 727 g/mol. The molecule has 0 atom stereocenters. The van der Waals surface area contributed by atoms with Crippen LogP contribution in [0.2, 0.25) is 0 Å². The topological polar surface area (TPSA) is 56.5 Å². The highest BCUT2D eigenvalue weighted by molar-refractivity contribution is 7.27. The summed E-state index contributed by atoms with van der Waals surface area (Å²) in [5.74, 6) is 0.710. The fourth-order valence-electron chi connectivity index (χ4n) is 8.77. The third-order valence-corrected chi connectivity index (χ3v) is 12.6. The zero-order valence-electron chi connectivity index (χ0n) is 31.3. The first-order valence-corrected chi connectivity index (χ1v) is 20.5. The van der Waals surface area contributed by atoms with Gasteiger partial charge in [-0.1, -0.05) is 146 Å². The smallest absolute Gasteiger partial charge is 0.160 e. The lowest BCUT2D eigenvalue weighted by molar-refractivity contribution is 1.04. The van der Waals surface area contributed by atoms with Crippen molar-refractivity contribution < 1.29 is 0 Å². The van der Waals surface area contributed by atoms with Crippen LogP contribution in [0.15, 0.2) is 176 Å². The maximum Gasteiger partial charge on any atom is 0.160 e. The molecule has 0 radical (unpaired) electrons. The molecule has 0 aliphatic heterocycles. The quantitative estimate of drug-likeness (QED) is 0.175. The first-order chi connectivity index (χ1) is 28.8. The van der Waals surface area contributed by atoms with E-state index in [2.05, 4.69) is 156 Å². The molecule has 1 aliphatic rings. The number of aromatic nitrogens is 5. The highest BCUT2D eigenvalue weighted by atomic mass is 32.1. The molecule has 0 spiro atoms. The molecule has 11 aromatic rings. The van der Waals surface area contributed by atoms with Gasteiger partial charge in [0.05, 0.1) is 43.8 Å². The Balaban J connectivity index is 1.23. The number of para-hydroxylation sites is 1. The fraction of sp³-hybridized carbons (Fsp3) is 0.0385. The predicted molar refractivity (Wildman–Crippen MR) is 243 cm³/mol. The molecule has 7 aromatic carbocycles. The molecule has 0 saturated heterocycles. The maximum atomic E-state index is 5.73. The van der Waals surface area contributed by atoms with Gasteiger partial charge in [-0.05, 0) is 48.7 Å². The first-order valence-electron chi connectivity index (χ1n) is 19.7. The van der Waals surface area contributed by atoms with Crippen molar-refractivity contribution in [3.63, 3.8) is 0 Å². The molecule has 5 nitrogen and oxygen atoms in total. The van der Waals surface area contributed by atoms with Crippen molar-refractivity contribution >= 4 is 80.8 Å². The third-order valence-electron chi connectivity index (χ3n) is 11.4. The van der Waals surface area contributed by atoms with Gasteiger partial charge >= 0.3 is 0 Å². The Hall–Kier alpha value is -7.28. The highest BCUT2D eigenvalue weighted by Crippen LogP contribution is 2.48. The Kier molecular flexibility index (Phi) is 7.46. The molecule has 58 heavy (non-hydrogen) atoms. The first kappa shape index (κ1) is 32.9. The van der Waals surface area contributed by atoms with E-state index in [0.717, 1.165) is 107 Å². The van der Waals surface area contributed by atoms with Gasteiger partial charge < -0.3 is 4.57 Å². The monoisotopic (exact) mass is 759 g/mol. The minimum absolute atomic E-state index is 0.710. The van der Waals surface area contributed by atoms with E-state index in [0.29, 0.717) is 5.82 Å². The minimum atomic E-state index is 0.710. The Labute approximate surface area is 337 Å². The normalized spacial score (nSPS) is 13.1. The van der Waals surface area contributed by atoms with Crippen LogP contribution >= 0.6 is 11.3 Å². The lowest BCUT2D eigenvalue weighted by atomic mass is 9.98. The molecule has 0 unspecified atom stereocenters. The van der Waals surface area contributed by atoms with Gasteiger partial charge in [0, 0.05) is 54.0 Å². The average Bonchev–Trinajstić information content (AvgIpc) is 3.86. The van der Waals surface area contributed by atoms with Gasteiger partial charge in [-0.15, -0.1) is 11.3 Å². The SMILES string of the molecule is C1=CC(c2nc3c(nc2-c2ccccc2)c2c4ccccc4sc2c2c3c3ccccc3n2-c2ccc3nc(-c4ccccc4)nc(-c4ccccc4)c3c2)=CCC1. The standard InChI is InChI=1S/C52H33N5S/c1-5-17-32(18-6-1)45-39-31-36(29-30-40(39)53-52(56-45)35-23-11-4-12-24-35)57-41-27-15-13-25-37(41)43-48-49(44-38-26-14-16-28-42(38)58-51(44)50(43)57)55-47(34-21-9-3-10-22-34)46(54-48)33-19-7-2-8-20-33/h1,3-7,9-31H,2,8H2. The van der Waals surface area contributed by atoms with Crippen molar-refractivity contribution in [1.82, 2.24) is 24.5 Å². The molecule has 12 rings (SSSR count). The Morgan fingerprint density at radius 1 is 0.500 bits per heavy atom. The van der Waals surface area contributed by atoms with Gasteiger partial charge in [0.2, 0.25) is 0 Å². The summed E-state index contributed by atoms with van der Waals surface area (Å²) in [6.07, 6.45) is 8.79. The van der Waals surface area contributed by atoms with Gasteiger partial charge in [-0.3, -0.25) is 0 Å². The number of hydrogen-bond acceptors (Lipinski definition) is 5. The predicted octanol–water partition coefficient (Wildman–Crippen LogP) is 13.8. The summed E-state index contributed by atoms with van der Waals surface area (Å²) in [4.78, 5) is 21.8. The second kappa shape index (κ2) is 13.2. The number of hydrogen-bond donors (Lipinski definition) is 0. The molecule has 4 aromatic heterocycles. The number of nitrogens with zero attached hydrogens (tertiary/aromatic N) is 5. The van der Waals surface area contributed by atoms with Crippen LogP contribution in [0.5, 0.6) is 0 Å². The number of benzene rings is 7. The minimum Gasteiger partial charge on any atom is -0.308 e. The molecule has 0 saturated carbocycles. The maximum absolute atomic E-state index is 5.73. The molecule has 1 aliphatic carbocycles. The molecule has 6 heteroatoms. The van der Waals surface area contributed by atoms with E-state index in [1.807, 2.05) is 35.6 Å². The van der Waals surface area contributed by atoms with E-state index in [9.17, 15) is 0 Å².